The number of hydrogen-bond donors (Lipinski definition) is 1. The Morgan fingerprint density at radius 1 is 1.16 bits per heavy atom. The van der Waals surface area contributed by atoms with Crippen molar-refractivity contribution in [3.8, 4) is 0 Å². The van der Waals surface area contributed by atoms with Crippen molar-refractivity contribution < 1.29 is 0 Å². The molecule has 0 saturated heterocycles. The first-order valence-electron chi connectivity index (χ1n) is 5.40. The Bertz CT molecular complexity index is 757. The molecule has 0 fully saturated rings. The largest absolute Gasteiger partial charge is 0.331 e. The van der Waals surface area contributed by atoms with Crippen molar-refractivity contribution in [2.75, 3.05) is 5.32 Å². The van der Waals surface area contributed by atoms with Gasteiger partial charge in [0, 0.05) is 5.02 Å². The number of hydrogen-bond acceptors (Lipinski definition) is 3. The third kappa shape index (κ3) is 2.72. The Balaban J connectivity index is 1.99. The molecular formula is C13H7BrCl2N2S. The number of rotatable bonds is 2. The Labute approximate surface area is 132 Å². The minimum atomic E-state index is 0.661. The van der Waals surface area contributed by atoms with Crippen molar-refractivity contribution in [2.24, 2.45) is 0 Å². The molecule has 0 spiro atoms. The quantitative estimate of drug-likeness (QED) is 0.586. The van der Waals surface area contributed by atoms with Crippen LogP contribution in [0.5, 0.6) is 0 Å². The van der Waals surface area contributed by atoms with Crippen LogP contribution in [0.25, 0.3) is 10.2 Å². The van der Waals surface area contributed by atoms with Gasteiger partial charge in [-0.05, 0) is 46.3 Å². The van der Waals surface area contributed by atoms with Crippen LogP contribution in [0.1, 0.15) is 0 Å². The van der Waals surface area contributed by atoms with Crippen LogP contribution in [0.15, 0.2) is 40.9 Å². The summed E-state index contributed by atoms with van der Waals surface area (Å²) in [6, 6.07) is 11.3. The van der Waals surface area contributed by atoms with Crippen molar-refractivity contribution in [1.29, 1.82) is 0 Å². The van der Waals surface area contributed by atoms with Gasteiger partial charge in [-0.15, -0.1) is 0 Å². The van der Waals surface area contributed by atoms with Gasteiger partial charge in [-0.1, -0.05) is 40.6 Å². The summed E-state index contributed by atoms with van der Waals surface area (Å²) in [5.74, 6) is 0. The van der Waals surface area contributed by atoms with Gasteiger partial charge in [-0.3, -0.25) is 0 Å². The van der Waals surface area contributed by atoms with Gasteiger partial charge in [0.1, 0.15) is 0 Å². The molecule has 0 atom stereocenters. The second kappa shape index (κ2) is 5.29. The summed E-state index contributed by atoms with van der Waals surface area (Å²) < 4.78 is 1.92. The first-order valence-corrected chi connectivity index (χ1v) is 7.77. The molecule has 6 heteroatoms. The fourth-order valence-corrected chi connectivity index (χ4v) is 3.23. The molecule has 2 nitrogen and oxygen atoms in total. The average Bonchev–Trinajstić information content (AvgIpc) is 2.76. The SMILES string of the molecule is Clc1ccc2sc(Nc3cccc(Cl)c3Br)nc2c1. The maximum Gasteiger partial charge on any atom is 0.188 e. The molecule has 0 saturated carbocycles. The maximum atomic E-state index is 6.06. The van der Waals surface area contributed by atoms with Gasteiger partial charge in [-0.25, -0.2) is 4.98 Å². The second-order valence-corrected chi connectivity index (χ2v) is 6.52. The van der Waals surface area contributed by atoms with Crippen LogP contribution in [0, 0.1) is 0 Å². The highest BCUT2D eigenvalue weighted by Crippen LogP contribution is 2.35. The van der Waals surface area contributed by atoms with E-state index in [1.807, 2.05) is 36.4 Å². The summed E-state index contributed by atoms with van der Waals surface area (Å²) in [5.41, 5.74) is 1.77. The summed E-state index contributed by atoms with van der Waals surface area (Å²) in [6.07, 6.45) is 0. The van der Waals surface area contributed by atoms with E-state index in [1.54, 1.807) is 11.3 Å². The van der Waals surface area contributed by atoms with Crippen molar-refractivity contribution >= 4 is 71.5 Å². The normalized spacial score (nSPS) is 10.9. The molecule has 96 valence electrons. The molecule has 1 N–H and O–H groups in total. The molecule has 0 unspecified atom stereocenters. The fourth-order valence-electron chi connectivity index (χ4n) is 1.67. The minimum absolute atomic E-state index is 0.661. The number of benzene rings is 2. The third-order valence-corrected chi connectivity index (χ3v) is 5.13. The third-order valence-electron chi connectivity index (χ3n) is 2.54. The van der Waals surface area contributed by atoms with Crippen molar-refractivity contribution in [2.45, 2.75) is 0 Å². The second-order valence-electron chi connectivity index (χ2n) is 3.86. The van der Waals surface area contributed by atoms with Gasteiger partial charge >= 0.3 is 0 Å². The van der Waals surface area contributed by atoms with Gasteiger partial charge in [0.05, 0.1) is 25.4 Å². The van der Waals surface area contributed by atoms with Gasteiger partial charge < -0.3 is 5.32 Å². The topological polar surface area (TPSA) is 24.9 Å². The number of fused-ring (bicyclic) bond motifs is 1. The predicted octanol–water partition coefficient (Wildman–Crippen LogP) is 6.11. The van der Waals surface area contributed by atoms with Crippen LogP contribution in [0.4, 0.5) is 10.8 Å². The lowest BCUT2D eigenvalue weighted by atomic mass is 10.3. The van der Waals surface area contributed by atoms with Crippen LogP contribution in [0.2, 0.25) is 10.0 Å². The van der Waals surface area contributed by atoms with E-state index in [4.69, 9.17) is 23.2 Å². The average molecular weight is 374 g/mol. The van der Waals surface area contributed by atoms with Crippen LogP contribution < -0.4 is 5.32 Å². The summed E-state index contributed by atoms with van der Waals surface area (Å²) in [5, 5.41) is 5.41. The van der Waals surface area contributed by atoms with Gasteiger partial charge in [0.25, 0.3) is 0 Å². The van der Waals surface area contributed by atoms with E-state index in [0.717, 1.165) is 25.5 Å². The Hall–Kier alpha value is -0.810. The summed E-state index contributed by atoms with van der Waals surface area (Å²) in [4.78, 5) is 4.50. The van der Waals surface area contributed by atoms with Crippen molar-refractivity contribution in [3.63, 3.8) is 0 Å². The number of nitrogens with zero attached hydrogens (tertiary/aromatic N) is 1. The zero-order valence-corrected chi connectivity index (χ0v) is 13.4. The number of anilines is 2. The molecule has 0 amide bonds. The molecule has 0 aliphatic heterocycles. The van der Waals surface area contributed by atoms with Crippen molar-refractivity contribution in [1.82, 2.24) is 4.98 Å². The van der Waals surface area contributed by atoms with E-state index < -0.39 is 0 Å². The highest BCUT2D eigenvalue weighted by Gasteiger charge is 2.08. The highest BCUT2D eigenvalue weighted by atomic mass is 79.9. The molecule has 3 rings (SSSR count). The highest BCUT2D eigenvalue weighted by molar-refractivity contribution is 9.10. The Kier molecular flexibility index (Phi) is 3.67. The van der Waals surface area contributed by atoms with E-state index in [2.05, 4.69) is 26.2 Å². The minimum Gasteiger partial charge on any atom is -0.331 e. The molecule has 1 aromatic heterocycles. The molecule has 0 aliphatic rings. The molecular weight excluding hydrogens is 367 g/mol. The monoisotopic (exact) mass is 372 g/mol. The van der Waals surface area contributed by atoms with E-state index >= 15 is 0 Å². The number of aromatic nitrogens is 1. The molecule has 19 heavy (non-hydrogen) atoms. The van der Waals surface area contributed by atoms with Gasteiger partial charge in [0.2, 0.25) is 0 Å². The number of halogens is 3. The van der Waals surface area contributed by atoms with Gasteiger partial charge in [-0.2, -0.15) is 0 Å². The summed E-state index contributed by atoms with van der Waals surface area (Å²) in [6.45, 7) is 0. The van der Waals surface area contributed by atoms with E-state index in [-0.39, 0.29) is 0 Å². The smallest absolute Gasteiger partial charge is 0.188 e. The molecule has 1 heterocycles. The lowest BCUT2D eigenvalue weighted by Gasteiger charge is -2.05. The molecule has 0 aliphatic carbocycles. The van der Waals surface area contributed by atoms with Crippen LogP contribution in [0.3, 0.4) is 0 Å². The van der Waals surface area contributed by atoms with Crippen LogP contribution in [-0.2, 0) is 0 Å². The van der Waals surface area contributed by atoms with Gasteiger partial charge in [0.15, 0.2) is 5.13 Å². The van der Waals surface area contributed by atoms with E-state index in [0.29, 0.717) is 10.0 Å². The zero-order chi connectivity index (χ0) is 13.4. The zero-order valence-electron chi connectivity index (χ0n) is 9.45. The fraction of sp³-hybridized carbons (Fsp3) is 0. The lowest BCUT2D eigenvalue weighted by molar-refractivity contribution is 1.43. The van der Waals surface area contributed by atoms with Crippen LogP contribution in [-0.4, -0.2) is 4.98 Å². The molecule has 2 aromatic carbocycles. The van der Waals surface area contributed by atoms with Crippen molar-refractivity contribution in [3.05, 3.63) is 50.9 Å². The first-order chi connectivity index (χ1) is 9.13. The molecule has 3 aromatic rings. The number of nitrogens with one attached hydrogen (secondary N) is 1. The van der Waals surface area contributed by atoms with Crippen LogP contribution >= 0.6 is 50.5 Å². The van der Waals surface area contributed by atoms with E-state index in [1.165, 1.54) is 0 Å². The summed E-state index contributed by atoms with van der Waals surface area (Å²) >= 11 is 17.0. The predicted molar refractivity (Wildman–Crippen MR) is 87.1 cm³/mol. The Morgan fingerprint density at radius 2 is 2.00 bits per heavy atom. The molecule has 0 radical (unpaired) electrons. The van der Waals surface area contributed by atoms with E-state index in [9.17, 15) is 0 Å². The lowest BCUT2D eigenvalue weighted by Crippen LogP contribution is -1.90. The first kappa shape index (κ1) is 13.2. The molecule has 0 bridgehead atoms. The Morgan fingerprint density at radius 3 is 2.84 bits per heavy atom. The maximum absolute atomic E-state index is 6.06. The number of thiazole rings is 1. The standard InChI is InChI=1S/C13H7BrCl2N2S/c14-12-8(16)2-1-3-9(12)17-13-18-10-6-7(15)4-5-11(10)19-13/h1-6H,(H,17,18). The summed E-state index contributed by atoms with van der Waals surface area (Å²) in [7, 11) is 0.